The Morgan fingerprint density at radius 1 is 1.08 bits per heavy atom. The molecule has 0 radical (unpaired) electrons. The highest BCUT2D eigenvalue weighted by molar-refractivity contribution is 5.97. The van der Waals surface area contributed by atoms with Crippen LogP contribution in [0.3, 0.4) is 0 Å². The highest BCUT2D eigenvalue weighted by Gasteiger charge is 2.20. The SMILES string of the molecule is Cc1cc(C)cc(C(=O)N[C@@H](Cc2cnc3ccccc3n2)C(N)=O)c1. The van der Waals surface area contributed by atoms with Gasteiger partial charge in [0.25, 0.3) is 5.91 Å². The Kier molecular flexibility index (Phi) is 4.93. The van der Waals surface area contributed by atoms with E-state index < -0.39 is 11.9 Å². The van der Waals surface area contributed by atoms with E-state index >= 15 is 0 Å². The minimum Gasteiger partial charge on any atom is -0.368 e. The van der Waals surface area contributed by atoms with Crippen LogP contribution in [0.25, 0.3) is 11.0 Å². The molecule has 3 aromatic rings. The van der Waals surface area contributed by atoms with Crippen LogP contribution in [0.15, 0.2) is 48.7 Å². The topological polar surface area (TPSA) is 98.0 Å². The van der Waals surface area contributed by atoms with Crippen molar-refractivity contribution in [3.63, 3.8) is 0 Å². The van der Waals surface area contributed by atoms with E-state index in [2.05, 4.69) is 15.3 Å². The number of rotatable bonds is 5. The van der Waals surface area contributed by atoms with Crippen LogP contribution in [0.2, 0.25) is 0 Å². The number of carbonyl (C=O) groups is 2. The van der Waals surface area contributed by atoms with Crippen LogP contribution < -0.4 is 11.1 Å². The molecule has 0 saturated carbocycles. The fourth-order valence-corrected chi connectivity index (χ4v) is 2.87. The van der Waals surface area contributed by atoms with Crippen LogP contribution in [0.5, 0.6) is 0 Å². The van der Waals surface area contributed by atoms with Crippen molar-refractivity contribution in [3.8, 4) is 0 Å². The molecular formula is C20H20N4O2. The van der Waals surface area contributed by atoms with E-state index in [0.29, 0.717) is 11.3 Å². The zero-order valence-electron chi connectivity index (χ0n) is 14.7. The first-order valence-electron chi connectivity index (χ1n) is 8.31. The van der Waals surface area contributed by atoms with Gasteiger partial charge in [0.2, 0.25) is 5.91 Å². The summed E-state index contributed by atoms with van der Waals surface area (Å²) in [6.45, 7) is 3.83. The molecule has 0 aliphatic carbocycles. The summed E-state index contributed by atoms with van der Waals surface area (Å²) in [6, 6.07) is 12.1. The predicted octanol–water partition coefficient (Wildman–Crippen LogP) is 2.07. The number of hydrogen-bond donors (Lipinski definition) is 2. The van der Waals surface area contributed by atoms with Gasteiger partial charge >= 0.3 is 0 Å². The molecule has 6 heteroatoms. The summed E-state index contributed by atoms with van der Waals surface area (Å²) in [4.78, 5) is 33.1. The molecule has 0 saturated heterocycles. The molecule has 0 aliphatic rings. The highest BCUT2D eigenvalue weighted by atomic mass is 16.2. The zero-order valence-corrected chi connectivity index (χ0v) is 14.7. The lowest BCUT2D eigenvalue weighted by Crippen LogP contribution is -2.46. The van der Waals surface area contributed by atoms with Gasteiger partial charge in [0.05, 0.1) is 16.7 Å². The average molecular weight is 348 g/mol. The van der Waals surface area contributed by atoms with E-state index in [1.54, 1.807) is 18.3 Å². The minimum atomic E-state index is -0.862. The first-order chi connectivity index (χ1) is 12.4. The van der Waals surface area contributed by atoms with Gasteiger partial charge in [0.1, 0.15) is 6.04 Å². The van der Waals surface area contributed by atoms with Crippen molar-refractivity contribution in [2.45, 2.75) is 26.3 Å². The van der Waals surface area contributed by atoms with Gasteiger partial charge in [-0.2, -0.15) is 0 Å². The van der Waals surface area contributed by atoms with E-state index in [0.717, 1.165) is 22.2 Å². The monoisotopic (exact) mass is 348 g/mol. The third kappa shape index (κ3) is 4.03. The quantitative estimate of drug-likeness (QED) is 0.737. The van der Waals surface area contributed by atoms with Gasteiger partial charge in [-0.25, -0.2) is 4.98 Å². The van der Waals surface area contributed by atoms with Crippen LogP contribution in [-0.4, -0.2) is 27.8 Å². The molecule has 3 N–H and O–H groups in total. The van der Waals surface area contributed by atoms with Crippen molar-refractivity contribution in [3.05, 3.63) is 71.0 Å². The number of amides is 2. The lowest BCUT2D eigenvalue weighted by atomic mass is 10.1. The average Bonchev–Trinajstić information content (AvgIpc) is 2.60. The number of primary amides is 1. The number of nitrogens with one attached hydrogen (secondary N) is 1. The molecule has 1 atom stereocenters. The van der Waals surface area contributed by atoms with Gasteiger partial charge in [-0.05, 0) is 38.1 Å². The van der Waals surface area contributed by atoms with Crippen LogP contribution >= 0.6 is 0 Å². The van der Waals surface area contributed by atoms with Crippen molar-refractivity contribution in [2.75, 3.05) is 0 Å². The van der Waals surface area contributed by atoms with E-state index in [1.165, 1.54) is 0 Å². The lowest BCUT2D eigenvalue weighted by molar-refractivity contribution is -0.119. The molecule has 0 spiro atoms. The third-order valence-electron chi connectivity index (χ3n) is 4.04. The Hall–Kier alpha value is -3.28. The molecule has 3 rings (SSSR count). The Bertz CT molecular complexity index is 964. The summed E-state index contributed by atoms with van der Waals surface area (Å²) in [5.74, 6) is -0.952. The summed E-state index contributed by atoms with van der Waals surface area (Å²) in [5.41, 5.74) is 10.0. The third-order valence-corrected chi connectivity index (χ3v) is 4.04. The Balaban J connectivity index is 1.80. The van der Waals surface area contributed by atoms with Gasteiger partial charge in [-0.15, -0.1) is 0 Å². The van der Waals surface area contributed by atoms with Crippen molar-refractivity contribution in [1.29, 1.82) is 0 Å². The van der Waals surface area contributed by atoms with E-state index in [1.807, 2.05) is 44.2 Å². The van der Waals surface area contributed by atoms with Gasteiger partial charge in [-0.3, -0.25) is 14.6 Å². The smallest absolute Gasteiger partial charge is 0.251 e. The van der Waals surface area contributed by atoms with Crippen LogP contribution in [-0.2, 0) is 11.2 Å². The molecule has 0 bridgehead atoms. The number of fused-ring (bicyclic) bond motifs is 1. The zero-order chi connectivity index (χ0) is 18.7. The molecule has 0 fully saturated rings. The maximum absolute atomic E-state index is 12.5. The Morgan fingerprint density at radius 2 is 1.73 bits per heavy atom. The molecule has 6 nitrogen and oxygen atoms in total. The van der Waals surface area contributed by atoms with Gasteiger partial charge < -0.3 is 11.1 Å². The van der Waals surface area contributed by atoms with E-state index in [-0.39, 0.29) is 12.3 Å². The fraction of sp³-hybridized carbons (Fsp3) is 0.200. The molecule has 2 aromatic carbocycles. The lowest BCUT2D eigenvalue weighted by Gasteiger charge is -2.16. The molecule has 0 unspecified atom stereocenters. The van der Waals surface area contributed by atoms with Crippen LogP contribution in [0.4, 0.5) is 0 Å². The standard InChI is InChI=1S/C20H20N4O2/c1-12-7-13(2)9-14(8-12)20(26)24-18(19(21)25)10-15-11-22-16-5-3-4-6-17(16)23-15/h3-9,11,18H,10H2,1-2H3,(H2,21,25)(H,24,26)/t18-/m0/s1. The normalized spacial score (nSPS) is 11.9. The second kappa shape index (κ2) is 7.31. The van der Waals surface area contributed by atoms with Gasteiger partial charge in [0.15, 0.2) is 0 Å². The summed E-state index contributed by atoms with van der Waals surface area (Å²) in [5, 5.41) is 2.70. The summed E-state index contributed by atoms with van der Waals surface area (Å²) < 4.78 is 0. The van der Waals surface area contributed by atoms with Crippen molar-refractivity contribution in [2.24, 2.45) is 5.73 Å². The van der Waals surface area contributed by atoms with Crippen molar-refractivity contribution >= 4 is 22.8 Å². The maximum Gasteiger partial charge on any atom is 0.251 e. The number of aryl methyl sites for hydroxylation is 2. The molecule has 132 valence electrons. The first-order valence-corrected chi connectivity index (χ1v) is 8.31. The van der Waals surface area contributed by atoms with Crippen LogP contribution in [0.1, 0.15) is 27.2 Å². The molecular weight excluding hydrogens is 328 g/mol. The Labute approximate surface area is 151 Å². The molecule has 1 heterocycles. The van der Waals surface area contributed by atoms with Crippen molar-refractivity contribution in [1.82, 2.24) is 15.3 Å². The summed E-state index contributed by atoms with van der Waals surface area (Å²) in [7, 11) is 0. The molecule has 0 aliphatic heterocycles. The van der Waals surface area contributed by atoms with Gasteiger partial charge in [-0.1, -0.05) is 29.3 Å². The predicted molar refractivity (Wildman–Crippen MR) is 99.6 cm³/mol. The largest absolute Gasteiger partial charge is 0.368 e. The minimum absolute atomic E-state index is 0.184. The van der Waals surface area contributed by atoms with Gasteiger partial charge in [0, 0.05) is 18.2 Å². The number of benzene rings is 2. The second-order valence-electron chi connectivity index (χ2n) is 6.36. The maximum atomic E-state index is 12.5. The molecule has 2 amide bonds. The van der Waals surface area contributed by atoms with Crippen LogP contribution in [0, 0.1) is 13.8 Å². The number of aromatic nitrogens is 2. The van der Waals surface area contributed by atoms with E-state index in [9.17, 15) is 9.59 Å². The number of para-hydroxylation sites is 2. The molecule has 26 heavy (non-hydrogen) atoms. The number of carbonyl (C=O) groups excluding carboxylic acids is 2. The van der Waals surface area contributed by atoms with Crippen molar-refractivity contribution < 1.29 is 9.59 Å². The second-order valence-corrected chi connectivity index (χ2v) is 6.36. The first kappa shape index (κ1) is 17.5. The number of hydrogen-bond acceptors (Lipinski definition) is 4. The fourth-order valence-electron chi connectivity index (χ4n) is 2.87. The summed E-state index contributed by atoms with van der Waals surface area (Å²) in [6.07, 6.45) is 1.78. The number of nitrogens with two attached hydrogens (primary N) is 1. The highest BCUT2D eigenvalue weighted by Crippen LogP contribution is 2.11. The Morgan fingerprint density at radius 3 is 2.38 bits per heavy atom. The van der Waals surface area contributed by atoms with E-state index in [4.69, 9.17) is 5.73 Å². The summed E-state index contributed by atoms with van der Waals surface area (Å²) >= 11 is 0. The molecule has 1 aromatic heterocycles. The number of nitrogens with zero attached hydrogens (tertiary/aromatic N) is 2.